The number of rotatable bonds is 5. The maximum absolute atomic E-state index is 6.05. The molecule has 19 heavy (non-hydrogen) atoms. The van der Waals surface area contributed by atoms with Gasteiger partial charge in [-0.2, -0.15) is 0 Å². The van der Waals surface area contributed by atoms with E-state index in [4.69, 9.17) is 17.4 Å². The van der Waals surface area contributed by atoms with Crippen LogP contribution in [0.15, 0.2) is 48.5 Å². The lowest BCUT2D eigenvalue weighted by Crippen LogP contribution is -2.28. The van der Waals surface area contributed by atoms with Crippen LogP contribution < -0.4 is 11.3 Å². The SMILES string of the molecule is Cc1cc(C(CCc2ccccc2)NN)ccc1Cl. The van der Waals surface area contributed by atoms with Gasteiger partial charge in [-0.1, -0.05) is 54.1 Å². The Hall–Kier alpha value is -1.35. The highest BCUT2D eigenvalue weighted by atomic mass is 35.5. The average molecular weight is 275 g/mol. The van der Waals surface area contributed by atoms with Crippen LogP contribution in [0.1, 0.15) is 29.2 Å². The smallest absolute Gasteiger partial charge is 0.0463 e. The summed E-state index contributed by atoms with van der Waals surface area (Å²) in [7, 11) is 0. The molecule has 2 aromatic rings. The Balaban J connectivity index is 2.05. The van der Waals surface area contributed by atoms with Crippen molar-refractivity contribution in [2.24, 2.45) is 5.84 Å². The molecule has 2 nitrogen and oxygen atoms in total. The largest absolute Gasteiger partial charge is 0.271 e. The van der Waals surface area contributed by atoms with Gasteiger partial charge in [0.1, 0.15) is 0 Å². The van der Waals surface area contributed by atoms with Crippen molar-refractivity contribution in [3.63, 3.8) is 0 Å². The standard InChI is InChI=1S/C16H19ClN2/c1-12-11-14(8-9-15(12)17)16(19-18)10-7-13-5-3-2-4-6-13/h2-6,8-9,11,16,19H,7,10,18H2,1H3. The van der Waals surface area contributed by atoms with Crippen molar-refractivity contribution in [2.75, 3.05) is 0 Å². The molecule has 100 valence electrons. The first-order valence-corrected chi connectivity index (χ1v) is 6.84. The van der Waals surface area contributed by atoms with Crippen molar-refractivity contribution >= 4 is 11.6 Å². The van der Waals surface area contributed by atoms with E-state index in [1.54, 1.807) is 0 Å². The number of nitrogens with one attached hydrogen (secondary N) is 1. The van der Waals surface area contributed by atoms with Crippen LogP contribution in [-0.4, -0.2) is 0 Å². The minimum Gasteiger partial charge on any atom is -0.271 e. The van der Waals surface area contributed by atoms with Gasteiger partial charge in [0.25, 0.3) is 0 Å². The van der Waals surface area contributed by atoms with Crippen LogP contribution in [0.5, 0.6) is 0 Å². The van der Waals surface area contributed by atoms with E-state index in [2.05, 4.69) is 35.8 Å². The van der Waals surface area contributed by atoms with Crippen molar-refractivity contribution in [3.05, 3.63) is 70.2 Å². The normalized spacial score (nSPS) is 12.4. The molecule has 0 amide bonds. The van der Waals surface area contributed by atoms with Gasteiger partial charge in [0.2, 0.25) is 0 Å². The van der Waals surface area contributed by atoms with Crippen LogP contribution in [-0.2, 0) is 6.42 Å². The second-order valence-electron chi connectivity index (χ2n) is 4.75. The lowest BCUT2D eigenvalue weighted by molar-refractivity contribution is 0.516. The second-order valence-corrected chi connectivity index (χ2v) is 5.16. The first kappa shape index (κ1) is 14.1. The summed E-state index contributed by atoms with van der Waals surface area (Å²) in [6.07, 6.45) is 1.96. The Morgan fingerprint density at radius 1 is 1.16 bits per heavy atom. The number of nitrogens with two attached hydrogens (primary N) is 1. The lowest BCUT2D eigenvalue weighted by Gasteiger charge is -2.17. The van der Waals surface area contributed by atoms with Gasteiger partial charge in [-0.15, -0.1) is 0 Å². The molecule has 1 atom stereocenters. The van der Waals surface area contributed by atoms with Gasteiger partial charge in [0.05, 0.1) is 0 Å². The highest BCUT2D eigenvalue weighted by Gasteiger charge is 2.10. The molecule has 2 aromatic carbocycles. The molecule has 0 fully saturated rings. The van der Waals surface area contributed by atoms with Gasteiger partial charge in [-0.3, -0.25) is 11.3 Å². The monoisotopic (exact) mass is 274 g/mol. The third kappa shape index (κ3) is 3.80. The second kappa shape index (κ2) is 6.71. The van der Waals surface area contributed by atoms with Crippen molar-refractivity contribution in [2.45, 2.75) is 25.8 Å². The molecule has 0 radical (unpaired) electrons. The molecule has 0 bridgehead atoms. The highest BCUT2D eigenvalue weighted by molar-refractivity contribution is 6.31. The van der Waals surface area contributed by atoms with Gasteiger partial charge in [-0.25, -0.2) is 0 Å². The minimum atomic E-state index is 0.149. The molecule has 0 saturated carbocycles. The van der Waals surface area contributed by atoms with E-state index >= 15 is 0 Å². The molecule has 1 unspecified atom stereocenters. The maximum atomic E-state index is 6.05. The van der Waals surface area contributed by atoms with E-state index in [-0.39, 0.29) is 6.04 Å². The third-order valence-electron chi connectivity index (χ3n) is 3.35. The zero-order valence-corrected chi connectivity index (χ0v) is 11.8. The number of halogens is 1. The van der Waals surface area contributed by atoms with Crippen molar-refractivity contribution in [1.82, 2.24) is 5.43 Å². The summed E-state index contributed by atoms with van der Waals surface area (Å²) < 4.78 is 0. The molecule has 3 N–H and O–H groups in total. The number of hydrazine groups is 1. The Labute approximate surface area is 119 Å². The van der Waals surface area contributed by atoms with Gasteiger partial charge in [0, 0.05) is 11.1 Å². The Bertz CT molecular complexity index is 526. The molecule has 0 spiro atoms. The number of benzene rings is 2. The third-order valence-corrected chi connectivity index (χ3v) is 3.77. The quantitative estimate of drug-likeness (QED) is 0.643. The molecule has 0 aliphatic rings. The summed E-state index contributed by atoms with van der Waals surface area (Å²) >= 11 is 6.05. The average Bonchev–Trinajstić information content (AvgIpc) is 2.44. The summed E-state index contributed by atoms with van der Waals surface area (Å²) in [5, 5.41) is 0.794. The predicted octanol–water partition coefficient (Wildman–Crippen LogP) is 3.79. The molecule has 3 heteroatoms. The number of aryl methyl sites for hydroxylation is 2. The molecule has 2 rings (SSSR count). The maximum Gasteiger partial charge on any atom is 0.0463 e. The Morgan fingerprint density at radius 2 is 1.89 bits per heavy atom. The van der Waals surface area contributed by atoms with Crippen LogP contribution in [0.3, 0.4) is 0 Å². The molecule has 0 aliphatic heterocycles. The van der Waals surface area contributed by atoms with Crippen molar-refractivity contribution < 1.29 is 0 Å². The van der Waals surface area contributed by atoms with Crippen molar-refractivity contribution in [3.8, 4) is 0 Å². The molecular weight excluding hydrogens is 256 g/mol. The fraction of sp³-hybridized carbons (Fsp3) is 0.250. The van der Waals surface area contributed by atoms with Crippen LogP contribution in [0.4, 0.5) is 0 Å². The van der Waals surface area contributed by atoms with Gasteiger partial charge < -0.3 is 0 Å². The predicted molar refractivity (Wildman–Crippen MR) is 81.0 cm³/mol. The van der Waals surface area contributed by atoms with E-state index in [0.29, 0.717) is 0 Å². The topological polar surface area (TPSA) is 38.0 Å². The van der Waals surface area contributed by atoms with E-state index < -0.39 is 0 Å². The van der Waals surface area contributed by atoms with E-state index in [1.807, 2.05) is 25.1 Å². The molecule has 0 saturated heterocycles. The molecule has 0 heterocycles. The molecule has 0 aromatic heterocycles. The number of hydrogen-bond donors (Lipinski definition) is 2. The van der Waals surface area contributed by atoms with Crippen molar-refractivity contribution in [1.29, 1.82) is 0 Å². The lowest BCUT2D eigenvalue weighted by atomic mass is 9.98. The molecular formula is C16H19ClN2. The summed E-state index contributed by atoms with van der Waals surface area (Å²) in [6.45, 7) is 2.01. The first-order chi connectivity index (χ1) is 9.20. The summed E-state index contributed by atoms with van der Waals surface area (Å²) in [4.78, 5) is 0. The van der Waals surface area contributed by atoms with Gasteiger partial charge >= 0.3 is 0 Å². The summed E-state index contributed by atoms with van der Waals surface area (Å²) in [5.41, 5.74) is 6.48. The molecule has 0 aliphatic carbocycles. The Morgan fingerprint density at radius 3 is 2.53 bits per heavy atom. The van der Waals surface area contributed by atoms with E-state index in [9.17, 15) is 0 Å². The minimum absolute atomic E-state index is 0.149. The summed E-state index contributed by atoms with van der Waals surface area (Å²) in [6, 6.07) is 16.6. The van der Waals surface area contributed by atoms with E-state index in [1.165, 1.54) is 11.1 Å². The fourth-order valence-corrected chi connectivity index (χ4v) is 2.30. The Kier molecular flexibility index (Phi) is 4.97. The summed E-state index contributed by atoms with van der Waals surface area (Å²) in [5.74, 6) is 5.67. The zero-order chi connectivity index (χ0) is 13.7. The van der Waals surface area contributed by atoms with Crippen LogP contribution >= 0.6 is 11.6 Å². The van der Waals surface area contributed by atoms with Gasteiger partial charge in [-0.05, 0) is 42.5 Å². The van der Waals surface area contributed by atoms with Gasteiger partial charge in [0.15, 0.2) is 0 Å². The fourth-order valence-electron chi connectivity index (χ4n) is 2.19. The number of hydrogen-bond acceptors (Lipinski definition) is 2. The first-order valence-electron chi connectivity index (χ1n) is 6.47. The zero-order valence-electron chi connectivity index (χ0n) is 11.1. The van der Waals surface area contributed by atoms with E-state index in [0.717, 1.165) is 23.4 Å². The highest BCUT2D eigenvalue weighted by Crippen LogP contribution is 2.23. The van der Waals surface area contributed by atoms with Crippen LogP contribution in [0.2, 0.25) is 5.02 Å². The van der Waals surface area contributed by atoms with Crippen LogP contribution in [0, 0.1) is 6.92 Å². The van der Waals surface area contributed by atoms with Crippen LogP contribution in [0.25, 0.3) is 0 Å².